The lowest BCUT2D eigenvalue weighted by molar-refractivity contribution is -0.105. The SMILES string of the molecule is Cc1cc2c(NC=O)cccc2n1-c1nc(NCc2ccccc2)c2c(n1)OCC2. The van der Waals surface area contributed by atoms with Crippen molar-refractivity contribution in [2.45, 2.75) is 19.9 Å². The molecule has 2 aromatic heterocycles. The highest BCUT2D eigenvalue weighted by atomic mass is 16.5. The highest BCUT2D eigenvalue weighted by molar-refractivity contribution is 5.97. The van der Waals surface area contributed by atoms with Crippen LogP contribution in [0.5, 0.6) is 5.88 Å². The van der Waals surface area contributed by atoms with Crippen molar-refractivity contribution in [2.24, 2.45) is 0 Å². The van der Waals surface area contributed by atoms with E-state index in [0.717, 1.165) is 40.1 Å². The Kier molecular flexibility index (Phi) is 4.55. The summed E-state index contributed by atoms with van der Waals surface area (Å²) in [7, 11) is 0. The molecule has 30 heavy (non-hydrogen) atoms. The van der Waals surface area contributed by atoms with E-state index in [1.807, 2.05) is 54.0 Å². The first kappa shape index (κ1) is 18.2. The number of rotatable bonds is 6. The van der Waals surface area contributed by atoms with E-state index < -0.39 is 0 Å². The Balaban J connectivity index is 1.59. The van der Waals surface area contributed by atoms with Crippen LogP contribution in [0, 0.1) is 6.92 Å². The third-order valence-corrected chi connectivity index (χ3v) is 5.30. The van der Waals surface area contributed by atoms with E-state index in [4.69, 9.17) is 14.7 Å². The number of carbonyl (C=O) groups excluding carboxylic acids is 1. The van der Waals surface area contributed by atoms with Gasteiger partial charge in [-0.1, -0.05) is 36.4 Å². The van der Waals surface area contributed by atoms with E-state index >= 15 is 0 Å². The zero-order valence-corrected chi connectivity index (χ0v) is 16.6. The first-order valence-electron chi connectivity index (χ1n) is 9.88. The summed E-state index contributed by atoms with van der Waals surface area (Å²) in [5.41, 5.74) is 4.83. The van der Waals surface area contributed by atoms with Crippen LogP contribution in [-0.4, -0.2) is 27.6 Å². The predicted molar refractivity (Wildman–Crippen MR) is 116 cm³/mol. The van der Waals surface area contributed by atoms with E-state index in [0.29, 0.717) is 31.4 Å². The zero-order chi connectivity index (χ0) is 20.5. The van der Waals surface area contributed by atoms with Crippen LogP contribution in [0.25, 0.3) is 16.9 Å². The Bertz CT molecular complexity index is 1230. The van der Waals surface area contributed by atoms with E-state index in [9.17, 15) is 4.79 Å². The fraction of sp³-hybridized carbons (Fsp3) is 0.174. The van der Waals surface area contributed by atoms with Crippen molar-refractivity contribution in [1.29, 1.82) is 0 Å². The standard InChI is InChI=1S/C23H21N5O2/c1-15-12-18-19(25-14-29)8-5-9-20(18)28(15)23-26-21(17-10-11-30-22(17)27-23)24-13-16-6-3-2-4-7-16/h2-9,12,14H,10-11,13H2,1H3,(H,25,29)(H,24,26,27). The molecule has 1 aliphatic heterocycles. The molecule has 0 unspecified atom stereocenters. The third-order valence-electron chi connectivity index (χ3n) is 5.30. The van der Waals surface area contributed by atoms with Gasteiger partial charge in [0.25, 0.3) is 0 Å². The Morgan fingerprint density at radius 2 is 2.00 bits per heavy atom. The molecule has 1 aliphatic rings. The van der Waals surface area contributed by atoms with Crippen LogP contribution in [0.4, 0.5) is 11.5 Å². The molecule has 0 fully saturated rings. The largest absolute Gasteiger partial charge is 0.477 e. The first-order chi connectivity index (χ1) is 14.7. The van der Waals surface area contributed by atoms with Crippen LogP contribution >= 0.6 is 0 Å². The van der Waals surface area contributed by atoms with Crippen molar-refractivity contribution in [1.82, 2.24) is 14.5 Å². The molecule has 2 N–H and O–H groups in total. The van der Waals surface area contributed by atoms with E-state index in [1.165, 1.54) is 5.56 Å². The van der Waals surface area contributed by atoms with E-state index in [1.54, 1.807) is 0 Å². The summed E-state index contributed by atoms with van der Waals surface area (Å²) in [6.07, 6.45) is 1.47. The van der Waals surface area contributed by atoms with Crippen LogP contribution in [0.3, 0.4) is 0 Å². The number of benzene rings is 2. The van der Waals surface area contributed by atoms with Gasteiger partial charge in [0.2, 0.25) is 18.2 Å². The number of nitrogens with one attached hydrogen (secondary N) is 2. The maximum absolute atomic E-state index is 11.0. The lowest BCUT2D eigenvalue weighted by Gasteiger charge is -2.13. The molecule has 0 bridgehead atoms. The molecule has 7 nitrogen and oxygen atoms in total. The lowest BCUT2D eigenvalue weighted by atomic mass is 10.2. The number of carbonyl (C=O) groups is 1. The van der Waals surface area contributed by atoms with Crippen LogP contribution in [-0.2, 0) is 17.8 Å². The number of hydrogen-bond donors (Lipinski definition) is 2. The smallest absolute Gasteiger partial charge is 0.239 e. The molecule has 0 saturated carbocycles. The van der Waals surface area contributed by atoms with Gasteiger partial charge in [-0.2, -0.15) is 9.97 Å². The van der Waals surface area contributed by atoms with Gasteiger partial charge in [-0.15, -0.1) is 0 Å². The van der Waals surface area contributed by atoms with Crippen LogP contribution in [0.1, 0.15) is 16.8 Å². The lowest BCUT2D eigenvalue weighted by Crippen LogP contribution is -2.09. The van der Waals surface area contributed by atoms with Crippen molar-refractivity contribution < 1.29 is 9.53 Å². The molecule has 3 heterocycles. The molecular formula is C23H21N5O2. The van der Waals surface area contributed by atoms with E-state index in [-0.39, 0.29) is 0 Å². The van der Waals surface area contributed by atoms with Crippen molar-refractivity contribution in [3.63, 3.8) is 0 Å². The first-order valence-corrected chi connectivity index (χ1v) is 9.88. The molecule has 4 aromatic rings. The molecule has 0 spiro atoms. The van der Waals surface area contributed by atoms with Gasteiger partial charge >= 0.3 is 0 Å². The minimum Gasteiger partial charge on any atom is -0.477 e. The molecule has 0 aliphatic carbocycles. The van der Waals surface area contributed by atoms with Crippen molar-refractivity contribution in [3.05, 3.63) is 71.4 Å². The average Bonchev–Trinajstić information content (AvgIpc) is 3.37. The fourth-order valence-corrected chi connectivity index (χ4v) is 3.89. The Hall–Kier alpha value is -3.87. The second-order valence-corrected chi connectivity index (χ2v) is 7.22. The molecule has 1 amide bonds. The fourth-order valence-electron chi connectivity index (χ4n) is 3.89. The third kappa shape index (κ3) is 3.14. The van der Waals surface area contributed by atoms with Gasteiger partial charge in [-0.3, -0.25) is 9.36 Å². The average molecular weight is 399 g/mol. The van der Waals surface area contributed by atoms with Gasteiger partial charge in [-0.25, -0.2) is 0 Å². The molecule has 5 rings (SSSR count). The molecule has 0 radical (unpaired) electrons. The molecule has 2 aromatic carbocycles. The number of nitrogens with zero attached hydrogens (tertiary/aromatic N) is 3. The quantitative estimate of drug-likeness (QED) is 0.482. The topological polar surface area (TPSA) is 81.1 Å². The summed E-state index contributed by atoms with van der Waals surface area (Å²) in [6, 6.07) is 18.0. The van der Waals surface area contributed by atoms with Gasteiger partial charge in [0.1, 0.15) is 5.82 Å². The van der Waals surface area contributed by atoms with Gasteiger partial charge in [-0.05, 0) is 30.7 Å². The second-order valence-electron chi connectivity index (χ2n) is 7.22. The Labute approximate surface area is 173 Å². The summed E-state index contributed by atoms with van der Waals surface area (Å²) in [5.74, 6) is 1.96. The van der Waals surface area contributed by atoms with E-state index in [2.05, 4.69) is 22.8 Å². The molecular weight excluding hydrogens is 378 g/mol. The highest BCUT2D eigenvalue weighted by Gasteiger charge is 2.23. The Morgan fingerprint density at radius 3 is 2.83 bits per heavy atom. The number of amides is 1. The number of anilines is 2. The number of ether oxygens (including phenoxy) is 1. The normalized spacial score (nSPS) is 12.4. The monoisotopic (exact) mass is 399 g/mol. The summed E-state index contributed by atoms with van der Waals surface area (Å²) < 4.78 is 7.77. The van der Waals surface area contributed by atoms with Crippen LogP contribution < -0.4 is 15.4 Å². The van der Waals surface area contributed by atoms with Crippen LogP contribution in [0.15, 0.2) is 54.6 Å². The molecule has 7 heteroatoms. The second kappa shape index (κ2) is 7.51. The zero-order valence-electron chi connectivity index (χ0n) is 16.6. The summed E-state index contributed by atoms with van der Waals surface area (Å²) in [6.45, 7) is 3.27. The maximum atomic E-state index is 11.0. The number of aryl methyl sites for hydroxylation is 1. The van der Waals surface area contributed by atoms with Gasteiger partial charge in [0.15, 0.2) is 0 Å². The molecule has 150 valence electrons. The molecule has 0 atom stereocenters. The number of hydrogen-bond acceptors (Lipinski definition) is 5. The summed E-state index contributed by atoms with van der Waals surface area (Å²) in [4.78, 5) is 20.5. The van der Waals surface area contributed by atoms with Crippen molar-refractivity contribution >= 4 is 28.8 Å². The van der Waals surface area contributed by atoms with Gasteiger partial charge in [0, 0.05) is 29.7 Å². The molecule has 0 saturated heterocycles. The minimum atomic E-state index is 0.543. The highest BCUT2D eigenvalue weighted by Crippen LogP contribution is 2.33. The van der Waals surface area contributed by atoms with Crippen molar-refractivity contribution in [2.75, 3.05) is 17.2 Å². The Morgan fingerprint density at radius 1 is 1.13 bits per heavy atom. The van der Waals surface area contributed by atoms with Crippen LogP contribution in [0.2, 0.25) is 0 Å². The van der Waals surface area contributed by atoms with Crippen molar-refractivity contribution in [3.8, 4) is 11.8 Å². The number of fused-ring (bicyclic) bond motifs is 2. The van der Waals surface area contributed by atoms with Gasteiger partial charge in [0.05, 0.1) is 17.7 Å². The predicted octanol–water partition coefficient (Wildman–Crippen LogP) is 3.84. The number of aromatic nitrogens is 3. The maximum Gasteiger partial charge on any atom is 0.239 e. The minimum absolute atomic E-state index is 0.543. The van der Waals surface area contributed by atoms with Gasteiger partial charge < -0.3 is 15.4 Å². The summed E-state index contributed by atoms with van der Waals surface area (Å²) in [5, 5.41) is 7.16. The summed E-state index contributed by atoms with van der Waals surface area (Å²) >= 11 is 0.